The first kappa shape index (κ1) is 31.6. The van der Waals surface area contributed by atoms with Gasteiger partial charge in [-0.05, 0) is 49.5 Å². The molecule has 4 rings (SSSR count). The van der Waals surface area contributed by atoms with Crippen molar-refractivity contribution in [3.05, 3.63) is 70.6 Å². The van der Waals surface area contributed by atoms with Crippen molar-refractivity contribution in [1.29, 1.82) is 0 Å². The zero-order valence-corrected chi connectivity index (χ0v) is 24.7. The number of hydrogen-bond acceptors (Lipinski definition) is 8. The lowest BCUT2D eigenvalue weighted by Crippen LogP contribution is -2.55. The Morgan fingerprint density at radius 1 is 1.02 bits per heavy atom. The fourth-order valence-electron chi connectivity index (χ4n) is 6.05. The van der Waals surface area contributed by atoms with Gasteiger partial charge in [-0.15, -0.1) is 11.3 Å². The standard InChI is InChI=1S/C31H37NO9S/c1-4-30(39,20-10-6-5-7-11-20)21(19-32(2)3)16-31(41-29(28(37)38,17-25(33)34)18-26(35)36)27-23(14-15-40-31)22-12-8-9-13-24(22)42-27/h5-13,21,39H,4,14-19H2,1-3H3,(H,33,34)(H,35,36)(H,37,38). The zero-order chi connectivity index (χ0) is 30.7. The molecule has 3 aromatic rings. The summed E-state index contributed by atoms with van der Waals surface area (Å²) in [6, 6.07) is 16.8. The Hall–Kier alpha value is -3.35. The minimum Gasteiger partial charge on any atom is -0.481 e. The van der Waals surface area contributed by atoms with Crippen LogP contribution >= 0.6 is 11.3 Å². The first-order valence-electron chi connectivity index (χ1n) is 13.8. The van der Waals surface area contributed by atoms with E-state index in [1.54, 1.807) is 0 Å². The SMILES string of the molecule is CCC(O)(c1ccccc1)C(CN(C)C)CC1(OC(CC(=O)O)(CC(=O)O)C(=O)O)OCCc2c1sc1ccccc21. The zero-order valence-electron chi connectivity index (χ0n) is 23.9. The molecule has 1 aliphatic heterocycles. The molecule has 0 saturated heterocycles. The largest absolute Gasteiger partial charge is 0.481 e. The number of carboxylic acids is 3. The van der Waals surface area contributed by atoms with Gasteiger partial charge in [0.15, 0.2) is 5.60 Å². The van der Waals surface area contributed by atoms with Gasteiger partial charge in [-0.2, -0.15) is 0 Å². The fraction of sp³-hybridized carbons (Fsp3) is 0.452. The highest BCUT2D eigenvalue weighted by atomic mass is 32.1. The summed E-state index contributed by atoms with van der Waals surface area (Å²) >= 11 is 1.34. The van der Waals surface area contributed by atoms with E-state index in [-0.39, 0.29) is 13.0 Å². The van der Waals surface area contributed by atoms with Crippen LogP contribution in [-0.2, 0) is 41.7 Å². The number of ether oxygens (including phenoxy) is 2. The summed E-state index contributed by atoms with van der Waals surface area (Å²) in [5.41, 5.74) is -2.54. The highest BCUT2D eigenvalue weighted by Gasteiger charge is 2.56. The molecule has 0 amide bonds. The molecule has 226 valence electrons. The van der Waals surface area contributed by atoms with E-state index in [1.807, 2.05) is 80.5 Å². The van der Waals surface area contributed by atoms with Gasteiger partial charge in [0.05, 0.1) is 29.9 Å². The monoisotopic (exact) mass is 599 g/mol. The number of aliphatic hydroxyl groups is 1. The van der Waals surface area contributed by atoms with Gasteiger partial charge in [0.1, 0.15) is 0 Å². The van der Waals surface area contributed by atoms with Crippen LogP contribution in [0.15, 0.2) is 54.6 Å². The average molecular weight is 600 g/mol. The molecule has 0 radical (unpaired) electrons. The van der Waals surface area contributed by atoms with E-state index in [0.717, 1.165) is 15.6 Å². The summed E-state index contributed by atoms with van der Waals surface area (Å²) < 4.78 is 13.7. The molecule has 3 unspecified atom stereocenters. The van der Waals surface area contributed by atoms with Gasteiger partial charge in [0.25, 0.3) is 0 Å². The second kappa shape index (κ2) is 12.5. The van der Waals surface area contributed by atoms with Crippen LogP contribution in [0.2, 0.25) is 0 Å². The lowest BCUT2D eigenvalue weighted by molar-refractivity contribution is -0.313. The molecule has 0 aliphatic carbocycles. The van der Waals surface area contributed by atoms with Crippen molar-refractivity contribution in [3.63, 3.8) is 0 Å². The molecule has 0 saturated carbocycles. The van der Waals surface area contributed by atoms with E-state index in [0.29, 0.717) is 29.8 Å². The van der Waals surface area contributed by atoms with Crippen LogP contribution in [0.25, 0.3) is 10.1 Å². The Morgan fingerprint density at radius 3 is 2.21 bits per heavy atom. The second-order valence-corrected chi connectivity index (χ2v) is 12.2. The molecule has 0 spiro atoms. The number of fused-ring (bicyclic) bond motifs is 3. The molecule has 0 bridgehead atoms. The van der Waals surface area contributed by atoms with Crippen molar-refractivity contribution in [2.75, 3.05) is 27.2 Å². The number of hydrogen-bond donors (Lipinski definition) is 4. The van der Waals surface area contributed by atoms with E-state index in [4.69, 9.17) is 9.47 Å². The molecular weight excluding hydrogens is 562 g/mol. The Balaban J connectivity index is 1.97. The predicted octanol–water partition coefficient (Wildman–Crippen LogP) is 4.28. The Morgan fingerprint density at radius 2 is 1.64 bits per heavy atom. The van der Waals surface area contributed by atoms with E-state index in [9.17, 15) is 34.8 Å². The summed E-state index contributed by atoms with van der Waals surface area (Å²) in [7, 11) is 3.70. The first-order valence-corrected chi connectivity index (χ1v) is 14.6. The normalized spacial score (nSPS) is 19.3. The first-order chi connectivity index (χ1) is 19.9. The van der Waals surface area contributed by atoms with Crippen molar-refractivity contribution in [3.8, 4) is 0 Å². The Labute approximate surface area is 248 Å². The van der Waals surface area contributed by atoms with Crippen LogP contribution in [0.4, 0.5) is 0 Å². The maximum absolute atomic E-state index is 12.8. The lowest BCUT2D eigenvalue weighted by Gasteiger charge is -2.47. The quantitative estimate of drug-likeness (QED) is 0.211. The van der Waals surface area contributed by atoms with E-state index in [1.165, 1.54) is 11.3 Å². The van der Waals surface area contributed by atoms with Crippen LogP contribution in [0.1, 0.15) is 48.6 Å². The molecular formula is C31H37NO9S. The summed E-state index contributed by atoms with van der Waals surface area (Å²) in [6.45, 7) is 2.31. The number of benzene rings is 2. The number of thiophene rings is 1. The molecule has 42 heavy (non-hydrogen) atoms. The molecule has 1 aromatic heterocycles. The van der Waals surface area contributed by atoms with E-state index >= 15 is 0 Å². The number of nitrogens with zero attached hydrogens (tertiary/aromatic N) is 1. The molecule has 4 N–H and O–H groups in total. The number of carbonyl (C=O) groups is 3. The van der Waals surface area contributed by atoms with Crippen molar-refractivity contribution in [2.45, 2.75) is 56.0 Å². The molecule has 11 heteroatoms. The number of aliphatic carboxylic acids is 3. The van der Waals surface area contributed by atoms with E-state index in [2.05, 4.69) is 0 Å². The van der Waals surface area contributed by atoms with Gasteiger partial charge in [-0.3, -0.25) is 9.59 Å². The number of rotatable bonds is 14. The minimum atomic E-state index is -2.65. The molecule has 3 atom stereocenters. The topological polar surface area (TPSA) is 154 Å². The molecule has 2 heterocycles. The molecule has 2 aromatic carbocycles. The molecule has 0 fully saturated rings. The smallest absolute Gasteiger partial charge is 0.337 e. The lowest BCUT2D eigenvalue weighted by atomic mass is 9.74. The van der Waals surface area contributed by atoms with Crippen molar-refractivity contribution >= 4 is 39.3 Å². The van der Waals surface area contributed by atoms with Crippen LogP contribution in [0.3, 0.4) is 0 Å². The number of carboxylic acid groups (broad SMARTS) is 3. The third-order valence-electron chi connectivity index (χ3n) is 7.94. The highest BCUT2D eigenvalue weighted by Crippen LogP contribution is 2.52. The van der Waals surface area contributed by atoms with Gasteiger partial charge < -0.3 is 34.8 Å². The summed E-state index contributed by atoms with van der Waals surface area (Å²) in [4.78, 5) is 39.2. The van der Waals surface area contributed by atoms with Crippen LogP contribution in [-0.4, -0.2) is 76.1 Å². The molecule has 10 nitrogen and oxygen atoms in total. The highest BCUT2D eigenvalue weighted by molar-refractivity contribution is 7.19. The van der Waals surface area contributed by atoms with Gasteiger partial charge in [0.2, 0.25) is 5.79 Å². The van der Waals surface area contributed by atoms with E-state index < -0.39 is 53.7 Å². The predicted molar refractivity (Wildman–Crippen MR) is 156 cm³/mol. The Bertz CT molecular complexity index is 1420. The van der Waals surface area contributed by atoms with Gasteiger partial charge in [-0.25, -0.2) is 4.79 Å². The van der Waals surface area contributed by atoms with Gasteiger partial charge in [-0.1, -0.05) is 55.5 Å². The fourth-order valence-corrected chi connectivity index (χ4v) is 7.39. The van der Waals surface area contributed by atoms with Crippen LogP contribution < -0.4 is 0 Å². The van der Waals surface area contributed by atoms with Crippen molar-refractivity contribution < 1.29 is 44.3 Å². The maximum atomic E-state index is 12.8. The summed E-state index contributed by atoms with van der Waals surface area (Å²) in [5, 5.41) is 43.0. The van der Waals surface area contributed by atoms with Crippen molar-refractivity contribution in [2.24, 2.45) is 5.92 Å². The van der Waals surface area contributed by atoms with Gasteiger partial charge in [0, 0.05) is 23.6 Å². The van der Waals surface area contributed by atoms with Gasteiger partial charge >= 0.3 is 17.9 Å². The third-order valence-corrected chi connectivity index (χ3v) is 9.28. The summed E-state index contributed by atoms with van der Waals surface area (Å²) in [5.74, 6) is -7.25. The summed E-state index contributed by atoms with van der Waals surface area (Å²) in [6.07, 6.45) is -1.47. The van der Waals surface area contributed by atoms with Crippen molar-refractivity contribution in [1.82, 2.24) is 4.90 Å². The second-order valence-electron chi connectivity index (χ2n) is 11.1. The third kappa shape index (κ3) is 6.20. The average Bonchev–Trinajstić information content (AvgIpc) is 3.32. The molecule has 1 aliphatic rings. The minimum absolute atomic E-state index is 0.0709. The van der Waals surface area contributed by atoms with Crippen LogP contribution in [0.5, 0.6) is 0 Å². The van der Waals surface area contributed by atoms with Crippen LogP contribution in [0, 0.1) is 5.92 Å². The Kier molecular flexibility index (Phi) is 9.39. The maximum Gasteiger partial charge on any atom is 0.337 e.